The summed E-state index contributed by atoms with van der Waals surface area (Å²) in [7, 11) is -4.47. The highest BCUT2D eigenvalue weighted by Crippen LogP contribution is 2.38. The third-order valence-electron chi connectivity index (χ3n) is 1.65. The van der Waals surface area contributed by atoms with E-state index in [1.807, 2.05) is 0 Å². The van der Waals surface area contributed by atoms with Crippen LogP contribution in [0.15, 0.2) is 0 Å². The fourth-order valence-corrected chi connectivity index (χ4v) is 1.25. The van der Waals surface area contributed by atoms with Gasteiger partial charge in [0.25, 0.3) is 0 Å². The van der Waals surface area contributed by atoms with Gasteiger partial charge in [0.1, 0.15) is 5.78 Å². The van der Waals surface area contributed by atoms with Gasteiger partial charge in [-0.1, -0.05) is 6.92 Å². The molecule has 2 N–H and O–H groups in total. The minimum absolute atomic E-state index is 0.157. The van der Waals surface area contributed by atoms with Crippen molar-refractivity contribution in [2.45, 2.75) is 26.9 Å². The summed E-state index contributed by atoms with van der Waals surface area (Å²) in [6.45, 7) is 4.36. The predicted octanol–water partition coefficient (Wildman–Crippen LogP) is 0.709. The maximum absolute atomic E-state index is 10.7. The highest BCUT2D eigenvalue weighted by atomic mass is 31.2. The van der Waals surface area contributed by atoms with Crippen molar-refractivity contribution in [1.82, 2.24) is 0 Å². The Hall–Kier alpha value is -0.220. The molecule has 0 amide bonds. The fraction of sp³-hybridized carbons (Fsp3) is 0.833. The van der Waals surface area contributed by atoms with Gasteiger partial charge in [-0.3, -0.25) is 9.32 Å². The van der Waals surface area contributed by atoms with Crippen molar-refractivity contribution in [3.8, 4) is 0 Å². The Morgan fingerprint density at radius 3 is 2.08 bits per heavy atom. The molecule has 0 aliphatic heterocycles. The molecule has 12 heavy (non-hydrogen) atoms. The minimum atomic E-state index is -4.47. The molecule has 6 heteroatoms. The average molecular weight is 196 g/mol. The van der Waals surface area contributed by atoms with Crippen molar-refractivity contribution in [2.24, 2.45) is 5.92 Å². The summed E-state index contributed by atoms with van der Waals surface area (Å²) >= 11 is 0. The second-order valence-corrected chi connectivity index (χ2v) is 3.89. The van der Waals surface area contributed by atoms with Gasteiger partial charge in [-0.2, -0.15) is 0 Å². The fourth-order valence-electron chi connectivity index (χ4n) is 0.638. The highest BCUT2D eigenvalue weighted by Gasteiger charge is 2.25. The molecule has 2 atom stereocenters. The molecular weight excluding hydrogens is 183 g/mol. The van der Waals surface area contributed by atoms with Crippen molar-refractivity contribution in [2.75, 3.05) is 0 Å². The van der Waals surface area contributed by atoms with Crippen LogP contribution >= 0.6 is 7.82 Å². The lowest BCUT2D eigenvalue weighted by Gasteiger charge is -2.17. The Balaban J connectivity index is 4.13. The first-order valence-electron chi connectivity index (χ1n) is 3.48. The molecule has 0 aromatic carbocycles. The lowest BCUT2D eigenvalue weighted by atomic mass is 10.0. The van der Waals surface area contributed by atoms with Crippen molar-refractivity contribution in [3.05, 3.63) is 0 Å². The molecule has 0 aromatic rings. The molecule has 2 unspecified atom stereocenters. The molecule has 0 saturated heterocycles. The van der Waals surface area contributed by atoms with E-state index in [2.05, 4.69) is 4.52 Å². The van der Waals surface area contributed by atoms with Crippen molar-refractivity contribution < 1.29 is 23.7 Å². The van der Waals surface area contributed by atoms with Gasteiger partial charge < -0.3 is 9.79 Å². The normalized spacial score (nSPS) is 17.1. The van der Waals surface area contributed by atoms with Crippen molar-refractivity contribution >= 4 is 13.6 Å². The minimum Gasteiger partial charge on any atom is -0.303 e. The van der Waals surface area contributed by atoms with Crippen molar-refractivity contribution in [1.29, 1.82) is 0 Å². The number of rotatable bonds is 4. The van der Waals surface area contributed by atoms with Gasteiger partial charge in [-0.05, 0) is 13.8 Å². The summed E-state index contributed by atoms with van der Waals surface area (Å²) in [5.74, 6) is -0.659. The van der Waals surface area contributed by atoms with Crippen LogP contribution in [0.3, 0.4) is 0 Å². The van der Waals surface area contributed by atoms with E-state index in [-0.39, 0.29) is 5.78 Å². The lowest BCUT2D eigenvalue weighted by Crippen LogP contribution is -2.22. The lowest BCUT2D eigenvalue weighted by molar-refractivity contribution is -0.122. The van der Waals surface area contributed by atoms with Crippen LogP contribution in [0.2, 0.25) is 0 Å². The largest absolute Gasteiger partial charge is 0.469 e. The Kier molecular flexibility index (Phi) is 4.06. The summed E-state index contributed by atoms with van der Waals surface area (Å²) < 4.78 is 14.6. The quantitative estimate of drug-likeness (QED) is 0.647. The number of hydrogen-bond acceptors (Lipinski definition) is 3. The number of carbonyl (C=O) groups is 1. The van der Waals surface area contributed by atoms with Gasteiger partial charge in [-0.25, -0.2) is 4.57 Å². The van der Waals surface area contributed by atoms with E-state index in [1.54, 1.807) is 6.92 Å². The molecular formula is C6H13O5P. The van der Waals surface area contributed by atoms with Crippen LogP contribution in [0, 0.1) is 5.92 Å². The van der Waals surface area contributed by atoms with Crippen LogP contribution in [0.4, 0.5) is 0 Å². The molecule has 0 bridgehead atoms. The SMILES string of the molecule is CC(=O)C(C)C(C)OP(=O)(O)O. The zero-order valence-electron chi connectivity index (χ0n) is 7.22. The molecule has 0 heterocycles. The molecule has 0 aromatic heterocycles. The standard InChI is InChI=1S/C6H13O5P/c1-4(5(2)7)6(3)11-12(8,9)10/h4,6H,1-3H3,(H2,8,9,10). The number of phosphoric ester groups is 1. The topological polar surface area (TPSA) is 83.8 Å². The number of Topliss-reactive ketones (excluding diaryl/α,β-unsaturated/α-hetero) is 1. The van der Waals surface area contributed by atoms with Gasteiger partial charge in [0.2, 0.25) is 0 Å². The number of carbonyl (C=O) groups excluding carboxylic acids is 1. The Morgan fingerprint density at radius 2 is 1.83 bits per heavy atom. The first kappa shape index (κ1) is 11.8. The number of phosphoric acid groups is 1. The van der Waals surface area contributed by atoms with Crippen LogP contribution in [0.25, 0.3) is 0 Å². The maximum Gasteiger partial charge on any atom is 0.469 e. The second-order valence-electron chi connectivity index (χ2n) is 2.70. The molecule has 0 fully saturated rings. The molecule has 0 aliphatic carbocycles. The molecule has 0 saturated carbocycles. The summed E-state index contributed by atoms with van der Waals surface area (Å²) in [4.78, 5) is 27.5. The van der Waals surface area contributed by atoms with E-state index in [0.717, 1.165) is 0 Å². The van der Waals surface area contributed by atoms with E-state index in [4.69, 9.17) is 9.79 Å². The Bertz CT molecular complexity index is 208. The van der Waals surface area contributed by atoms with Gasteiger partial charge in [0.15, 0.2) is 0 Å². The molecule has 5 nitrogen and oxygen atoms in total. The first-order chi connectivity index (χ1) is 5.24. The van der Waals surface area contributed by atoms with E-state index >= 15 is 0 Å². The third-order valence-corrected chi connectivity index (χ3v) is 2.26. The summed E-state index contributed by atoms with van der Waals surface area (Å²) in [6, 6.07) is 0. The van der Waals surface area contributed by atoms with Gasteiger partial charge in [-0.15, -0.1) is 0 Å². The summed E-state index contributed by atoms with van der Waals surface area (Å²) in [6.07, 6.45) is -0.761. The smallest absolute Gasteiger partial charge is 0.303 e. The van der Waals surface area contributed by atoms with Gasteiger partial charge in [0.05, 0.1) is 6.10 Å². The molecule has 0 spiro atoms. The Labute approximate surface area is 71.0 Å². The second kappa shape index (κ2) is 4.14. The predicted molar refractivity (Wildman–Crippen MR) is 42.4 cm³/mol. The number of hydrogen-bond donors (Lipinski definition) is 2. The zero-order chi connectivity index (χ0) is 9.94. The molecule has 72 valence electrons. The van der Waals surface area contributed by atoms with Crippen LogP contribution in [-0.4, -0.2) is 21.7 Å². The summed E-state index contributed by atoms with van der Waals surface area (Å²) in [5, 5.41) is 0. The van der Waals surface area contributed by atoms with E-state index in [9.17, 15) is 9.36 Å². The molecule has 0 rings (SSSR count). The molecule has 0 radical (unpaired) electrons. The first-order valence-corrected chi connectivity index (χ1v) is 5.01. The van der Waals surface area contributed by atoms with Gasteiger partial charge >= 0.3 is 7.82 Å². The summed E-state index contributed by atoms with van der Waals surface area (Å²) in [5.41, 5.74) is 0. The van der Waals surface area contributed by atoms with Crippen LogP contribution in [0.5, 0.6) is 0 Å². The van der Waals surface area contributed by atoms with E-state index in [1.165, 1.54) is 13.8 Å². The highest BCUT2D eigenvalue weighted by molar-refractivity contribution is 7.46. The van der Waals surface area contributed by atoms with Gasteiger partial charge in [0, 0.05) is 5.92 Å². The molecule has 0 aliphatic rings. The van der Waals surface area contributed by atoms with Crippen LogP contribution < -0.4 is 0 Å². The van der Waals surface area contributed by atoms with E-state index in [0.29, 0.717) is 0 Å². The van der Waals surface area contributed by atoms with Crippen LogP contribution in [-0.2, 0) is 13.9 Å². The average Bonchev–Trinajstić information content (AvgIpc) is 1.82. The monoisotopic (exact) mass is 196 g/mol. The van der Waals surface area contributed by atoms with Crippen LogP contribution in [0.1, 0.15) is 20.8 Å². The van der Waals surface area contributed by atoms with E-state index < -0.39 is 19.8 Å². The Morgan fingerprint density at radius 1 is 1.42 bits per heavy atom. The third kappa shape index (κ3) is 4.62. The number of ketones is 1. The maximum atomic E-state index is 10.7. The zero-order valence-corrected chi connectivity index (χ0v) is 8.12. The van der Waals surface area contributed by atoms with Crippen molar-refractivity contribution in [3.63, 3.8) is 0 Å².